The summed E-state index contributed by atoms with van der Waals surface area (Å²) in [4.78, 5) is 35.6. The molecule has 2 aromatic carbocycles. The smallest absolute Gasteiger partial charge is 0.337 e. The average molecular weight is 409 g/mol. The molecule has 0 fully saturated rings. The van der Waals surface area contributed by atoms with E-state index in [2.05, 4.69) is 5.32 Å². The fourth-order valence-electron chi connectivity index (χ4n) is 3.61. The van der Waals surface area contributed by atoms with Gasteiger partial charge in [0, 0.05) is 36.5 Å². The van der Waals surface area contributed by atoms with Gasteiger partial charge in [0.05, 0.1) is 11.8 Å². The van der Waals surface area contributed by atoms with Gasteiger partial charge in [-0.1, -0.05) is 12.1 Å². The van der Waals surface area contributed by atoms with Crippen LogP contribution in [0.15, 0.2) is 41.5 Å². The zero-order chi connectivity index (χ0) is 21.4. The molecule has 0 aromatic heterocycles. The van der Waals surface area contributed by atoms with Gasteiger partial charge in [-0.25, -0.2) is 14.6 Å². The van der Waals surface area contributed by atoms with E-state index in [9.17, 15) is 9.59 Å². The normalized spacial score (nSPS) is 17.2. The minimum Gasteiger partial charge on any atom is -0.351 e. The van der Waals surface area contributed by atoms with Crippen molar-refractivity contribution in [3.05, 3.63) is 58.7 Å². The summed E-state index contributed by atoms with van der Waals surface area (Å²) in [5, 5.41) is 8.84. The molecule has 2 heterocycles. The van der Waals surface area contributed by atoms with Crippen molar-refractivity contribution in [3.8, 4) is 5.75 Å². The van der Waals surface area contributed by atoms with Gasteiger partial charge in [-0.3, -0.25) is 4.90 Å². The van der Waals surface area contributed by atoms with Crippen molar-refractivity contribution in [2.45, 2.75) is 26.0 Å². The average Bonchev–Trinajstić information content (AvgIpc) is 3.14. The summed E-state index contributed by atoms with van der Waals surface area (Å²) in [5.41, 5.74) is 10.3. The van der Waals surface area contributed by atoms with Gasteiger partial charge >= 0.3 is 12.1 Å². The number of amides is 4. The van der Waals surface area contributed by atoms with Crippen LogP contribution in [-0.4, -0.2) is 42.9 Å². The van der Waals surface area contributed by atoms with Crippen molar-refractivity contribution in [2.24, 2.45) is 10.8 Å². The molecule has 156 valence electrons. The number of hydrazone groups is 1. The van der Waals surface area contributed by atoms with E-state index in [1.165, 1.54) is 9.91 Å². The molecule has 1 atom stereocenters. The molecule has 0 bridgehead atoms. The van der Waals surface area contributed by atoms with Gasteiger partial charge < -0.3 is 15.9 Å². The van der Waals surface area contributed by atoms with Gasteiger partial charge in [-0.15, -0.1) is 0 Å². The Balaban J connectivity index is 1.84. The summed E-state index contributed by atoms with van der Waals surface area (Å²) in [5.74, 6) is 0.687. The quantitative estimate of drug-likeness (QED) is 0.742. The molecular weight excluding hydrogens is 386 g/mol. The highest BCUT2D eigenvalue weighted by Crippen LogP contribution is 2.33. The van der Waals surface area contributed by atoms with Crippen LogP contribution in [0, 0.1) is 0 Å². The number of carbonyl (C=O) groups is 2. The number of rotatable bonds is 2. The molecule has 2 aromatic rings. The van der Waals surface area contributed by atoms with E-state index >= 15 is 0 Å². The third-order valence-electron chi connectivity index (χ3n) is 5.33. The summed E-state index contributed by atoms with van der Waals surface area (Å²) in [7, 11) is 3.19. The number of fused-ring (bicyclic) bond motifs is 2. The zero-order valence-electron chi connectivity index (χ0n) is 17.0. The molecule has 30 heavy (non-hydrogen) atoms. The van der Waals surface area contributed by atoms with Gasteiger partial charge in [0.15, 0.2) is 5.75 Å². The number of anilines is 1. The van der Waals surface area contributed by atoms with Crippen molar-refractivity contribution in [1.82, 2.24) is 10.3 Å². The lowest BCUT2D eigenvalue weighted by Gasteiger charge is -2.22. The molecule has 2 aliphatic rings. The number of nitrogens with one attached hydrogen (secondary N) is 1. The third-order valence-corrected chi connectivity index (χ3v) is 5.33. The van der Waals surface area contributed by atoms with E-state index in [1.807, 2.05) is 31.2 Å². The van der Waals surface area contributed by atoms with Gasteiger partial charge in [-0.2, -0.15) is 9.99 Å². The lowest BCUT2D eigenvalue weighted by atomic mass is 9.92. The number of carbonyl (C=O) groups excluding carboxylic acids is 2. The fourth-order valence-corrected chi connectivity index (χ4v) is 3.61. The SMILES string of the molecule is CNC(=O)N1N=C(c2ccc(N(C)C(N)=O)cc2)c2cc3c(cc2CC1C)OOC3. The highest BCUT2D eigenvalue weighted by Gasteiger charge is 2.29. The van der Waals surface area contributed by atoms with E-state index in [-0.39, 0.29) is 12.1 Å². The second-order valence-electron chi connectivity index (χ2n) is 7.31. The van der Waals surface area contributed by atoms with Crippen molar-refractivity contribution >= 4 is 23.5 Å². The fraction of sp³-hybridized carbons (Fsp3) is 0.286. The summed E-state index contributed by atoms with van der Waals surface area (Å²) in [6, 6.07) is 10.3. The number of nitrogens with zero attached hydrogens (tertiary/aromatic N) is 3. The van der Waals surface area contributed by atoms with Crippen LogP contribution in [0.25, 0.3) is 0 Å². The Hall–Kier alpha value is -3.59. The van der Waals surface area contributed by atoms with E-state index in [4.69, 9.17) is 20.6 Å². The van der Waals surface area contributed by atoms with Crippen LogP contribution in [0.3, 0.4) is 0 Å². The molecular formula is C21H23N5O4. The number of primary amides is 1. The van der Waals surface area contributed by atoms with Crippen LogP contribution in [0.1, 0.15) is 29.2 Å². The maximum absolute atomic E-state index is 12.5. The van der Waals surface area contributed by atoms with Crippen LogP contribution >= 0.6 is 0 Å². The number of nitrogens with two attached hydrogens (primary N) is 1. The second-order valence-corrected chi connectivity index (χ2v) is 7.31. The topological polar surface area (TPSA) is 109 Å². The molecule has 0 spiro atoms. The van der Waals surface area contributed by atoms with Crippen LogP contribution in [0.2, 0.25) is 0 Å². The molecule has 4 amide bonds. The number of hydrogen-bond acceptors (Lipinski definition) is 5. The minimum atomic E-state index is -0.546. The summed E-state index contributed by atoms with van der Waals surface area (Å²) in [6.45, 7) is 2.30. The summed E-state index contributed by atoms with van der Waals surface area (Å²) in [6.07, 6.45) is 0.606. The van der Waals surface area contributed by atoms with Crippen molar-refractivity contribution < 1.29 is 19.4 Å². The first kappa shape index (κ1) is 19.7. The standard InChI is InChI=1S/C21H23N5O4/c1-12-8-14-10-18-15(11-29-30-18)9-17(14)19(24-26(12)21(28)23-2)13-4-6-16(7-5-13)25(3)20(22)27/h4-7,9-10,12H,8,11H2,1-3H3,(H2,22,27)(H,23,28). The Morgan fingerprint density at radius 1 is 1.23 bits per heavy atom. The minimum absolute atomic E-state index is 0.165. The number of hydrogen-bond donors (Lipinski definition) is 2. The monoisotopic (exact) mass is 409 g/mol. The maximum Gasteiger partial charge on any atom is 0.337 e. The predicted molar refractivity (Wildman–Crippen MR) is 111 cm³/mol. The molecule has 9 heteroatoms. The molecule has 0 aliphatic carbocycles. The van der Waals surface area contributed by atoms with Gasteiger partial charge in [0.1, 0.15) is 6.61 Å². The summed E-state index contributed by atoms with van der Waals surface area (Å²) >= 11 is 0. The molecule has 1 unspecified atom stereocenters. The van der Waals surface area contributed by atoms with E-state index < -0.39 is 6.03 Å². The lowest BCUT2D eigenvalue weighted by molar-refractivity contribution is -0.194. The first-order valence-electron chi connectivity index (χ1n) is 9.58. The summed E-state index contributed by atoms with van der Waals surface area (Å²) < 4.78 is 0. The first-order chi connectivity index (χ1) is 14.4. The molecule has 9 nitrogen and oxygen atoms in total. The van der Waals surface area contributed by atoms with E-state index in [0.717, 1.165) is 22.3 Å². The maximum atomic E-state index is 12.5. The first-order valence-corrected chi connectivity index (χ1v) is 9.58. The van der Waals surface area contributed by atoms with Crippen LogP contribution in [0.4, 0.5) is 15.3 Å². The Bertz CT molecular complexity index is 1030. The van der Waals surface area contributed by atoms with Crippen LogP contribution in [0.5, 0.6) is 5.75 Å². The Morgan fingerprint density at radius 3 is 2.63 bits per heavy atom. The molecule has 0 radical (unpaired) electrons. The van der Waals surface area contributed by atoms with Gasteiger partial charge in [0.25, 0.3) is 0 Å². The van der Waals surface area contributed by atoms with Crippen LogP contribution < -0.4 is 20.8 Å². The molecule has 4 rings (SSSR count). The highest BCUT2D eigenvalue weighted by molar-refractivity contribution is 6.14. The molecule has 0 saturated heterocycles. The van der Waals surface area contributed by atoms with Crippen molar-refractivity contribution in [3.63, 3.8) is 0 Å². The Labute approximate surface area is 174 Å². The third kappa shape index (κ3) is 3.43. The molecule has 0 saturated carbocycles. The zero-order valence-corrected chi connectivity index (χ0v) is 17.0. The molecule has 2 aliphatic heterocycles. The largest absolute Gasteiger partial charge is 0.351 e. The predicted octanol–water partition coefficient (Wildman–Crippen LogP) is 2.36. The van der Waals surface area contributed by atoms with E-state index in [0.29, 0.717) is 30.2 Å². The Morgan fingerprint density at radius 2 is 1.97 bits per heavy atom. The highest BCUT2D eigenvalue weighted by atomic mass is 17.2. The van der Waals surface area contributed by atoms with Gasteiger partial charge in [-0.05, 0) is 43.2 Å². The number of benzene rings is 2. The Kier molecular flexibility index (Phi) is 5.04. The lowest BCUT2D eigenvalue weighted by Crippen LogP contribution is -2.41. The van der Waals surface area contributed by atoms with E-state index in [1.54, 1.807) is 26.2 Å². The van der Waals surface area contributed by atoms with Gasteiger partial charge in [0.2, 0.25) is 0 Å². The van der Waals surface area contributed by atoms with Crippen LogP contribution in [-0.2, 0) is 17.9 Å². The van der Waals surface area contributed by atoms with Crippen molar-refractivity contribution in [1.29, 1.82) is 0 Å². The van der Waals surface area contributed by atoms with Crippen molar-refractivity contribution in [2.75, 3.05) is 19.0 Å². The second kappa shape index (κ2) is 7.68. The number of urea groups is 2. The molecule has 3 N–H and O–H groups in total.